The number of nitrogens with zero attached hydrogens (tertiary/aromatic N) is 1. The normalized spacial score (nSPS) is 19.3. The van der Waals surface area contributed by atoms with E-state index >= 15 is 0 Å². The van der Waals surface area contributed by atoms with Gasteiger partial charge in [0.2, 0.25) is 0 Å². The zero-order chi connectivity index (χ0) is 23.2. The maximum Gasteiger partial charge on any atom is 0.413 e. The molecule has 176 valence electrons. The first kappa shape index (κ1) is 23.3. The maximum absolute atomic E-state index is 13.1. The van der Waals surface area contributed by atoms with Crippen molar-refractivity contribution in [1.29, 1.82) is 0 Å². The van der Waals surface area contributed by atoms with Gasteiger partial charge in [-0.1, -0.05) is 94.0 Å². The summed E-state index contributed by atoms with van der Waals surface area (Å²) in [6, 6.07) is 15.9. The summed E-state index contributed by atoms with van der Waals surface area (Å²) in [5.74, 6) is -0.353. The van der Waals surface area contributed by atoms with Crippen LogP contribution in [0.25, 0.3) is 11.1 Å². The average Bonchev–Trinajstić information content (AvgIpc) is 3.30. The fourth-order valence-electron chi connectivity index (χ4n) is 5.07. The van der Waals surface area contributed by atoms with Crippen molar-refractivity contribution >= 4 is 12.1 Å². The molecule has 1 aliphatic heterocycles. The largest absolute Gasteiger partial charge is 0.448 e. The zero-order valence-corrected chi connectivity index (χ0v) is 19.8. The van der Waals surface area contributed by atoms with E-state index in [0.29, 0.717) is 6.42 Å². The summed E-state index contributed by atoms with van der Waals surface area (Å²) < 4.78 is 11.3. The van der Waals surface area contributed by atoms with Gasteiger partial charge in [0.05, 0.1) is 0 Å². The molecule has 0 N–H and O–H groups in total. The Balaban J connectivity index is 1.35. The second kappa shape index (κ2) is 10.9. The number of fused-ring (bicyclic) bond motifs is 3. The van der Waals surface area contributed by atoms with E-state index in [1.807, 2.05) is 24.3 Å². The van der Waals surface area contributed by atoms with Gasteiger partial charge in [-0.25, -0.2) is 9.59 Å². The fraction of sp³-hybridized carbons (Fsp3) is 0.500. The van der Waals surface area contributed by atoms with Crippen molar-refractivity contribution in [1.82, 2.24) is 4.90 Å². The topological polar surface area (TPSA) is 55.8 Å². The number of carbonyl (C=O) groups is 2. The lowest BCUT2D eigenvalue weighted by atomic mass is 9.98. The fourth-order valence-corrected chi connectivity index (χ4v) is 5.07. The predicted octanol–water partition coefficient (Wildman–Crippen LogP) is 6.65. The molecule has 1 amide bonds. The van der Waals surface area contributed by atoms with Crippen LogP contribution < -0.4 is 0 Å². The summed E-state index contributed by atoms with van der Waals surface area (Å²) in [5, 5.41) is 0. The van der Waals surface area contributed by atoms with Crippen LogP contribution in [0.2, 0.25) is 0 Å². The highest BCUT2D eigenvalue weighted by Gasteiger charge is 2.43. The maximum atomic E-state index is 13.1. The van der Waals surface area contributed by atoms with Gasteiger partial charge in [-0.3, -0.25) is 4.90 Å². The van der Waals surface area contributed by atoms with Gasteiger partial charge in [-0.2, -0.15) is 0 Å². The number of carbonyl (C=O) groups excluding carboxylic acids is 2. The van der Waals surface area contributed by atoms with Crippen molar-refractivity contribution < 1.29 is 19.1 Å². The molecule has 0 radical (unpaired) electrons. The molecule has 1 aliphatic carbocycles. The lowest BCUT2D eigenvalue weighted by Crippen LogP contribution is -2.42. The first-order valence-electron chi connectivity index (χ1n) is 12.5. The van der Waals surface area contributed by atoms with Crippen molar-refractivity contribution in [3.63, 3.8) is 0 Å². The van der Waals surface area contributed by atoms with Crippen LogP contribution in [0, 0.1) is 0 Å². The van der Waals surface area contributed by atoms with E-state index in [1.165, 1.54) is 59.3 Å². The summed E-state index contributed by atoms with van der Waals surface area (Å²) in [5.41, 5.74) is 4.74. The Morgan fingerprint density at radius 1 is 0.909 bits per heavy atom. The second-order valence-electron chi connectivity index (χ2n) is 9.19. The molecule has 1 saturated heterocycles. The molecular weight excluding hydrogens is 414 g/mol. The van der Waals surface area contributed by atoms with E-state index in [-0.39, 0.29) is 18.5 Å². The Morgan fingerprint density at radius 2 is 1.48 bits per heavy atom. The molecule has 2 aromatic carbocycles. The van der Waals surface area contributed by atoms with Crippen molar-refractivity contribution in [2.24, 2.45) is 0 Å². The van der Waals surface area contributed by atoms with Crippen LogP contribution in [0.4, 0.5) is 4.79 Å². The Labute approximate surface area is 197 Å². The zero-order valence-electron chi connectivity index (χ0n) is 19.8. The monoisotopic (exact) mass is 449 g/mol. The Kier molecular flexibility index (Phi) is 7.69. The van der Waals surface area contributed by atoms with Crippen molar-refractivity contribution in [3.8, 4) is 11.1 Å². The van der Waals surface area contributed by atoms with Crippen LogP contribution in [0.5, 0.6) is 0 Å². The van der Waals surface area contributed by atoms with Gasteiger partial charge in [-0.05, 0) is 35.6 Å². The molecule has 33 heavy (non-hydrogen) atoms. The van der Waals surface area contributed by atoms with E-state index in [4.69, 9.17) is 9.47 Å². The molecule has 5 heteroatoms. The van der Waals surface area contributed by atoms with Gasteiger partial charge >= 0.3 is 12.1 Å². The Hall–Kier alpha value is -2.82. The standard InChI is InChI=1S/C28H35NO4/c1-3-4-5-6-7-8-9-18-26-29(20(2)27(30)33-26)28(31)32-19-25-23-16-12-10-14-21(23)22-15-11-13-17-24(22)25/h10-17,20,25-26H,3-9,18-19H2,1-2H3/t20-,26+/m0/s1. The smallest absolute Gasteiger partial charge is 0.413 e. The quantitative estimate of drug-likeness (QED) is 0.301. The van der Waals surface area contributed by atoms with Crippen LogP contribution in [-0.4, -0.2) is 35.8 Å². The third kappa shape index (κ3) is 5.07. The Bertz CT molecular complexity index is 926. The first-order chi connectivity index (χ1) is 16.1. The number of amides is 1. The molecule has 2 aliphatic rings. The van der Waals surface area contributed by atoms with Crippen LogP contribution in [0.1, 0.15) is 82.3 Å². The van der Waals surface area contributed by atoms with Gasteiger partial charge in [0.15, 0.2) is 6.23 Å². The molecule has 0 saturated carbocycles. The third-order valence-electron chi connectivity index (χ3n) is 6.92. The number of benzene rings is 2. The number of unbranched alkanes of at least 4 members (excludes halogenated alkanes) is 6. The van der Waals surface area contributed by atoms with E-state index in [9.17, 15) is 9.59 Å². The summed E-state index contributed by atoms with van der Waals surface area (Å²) in [6.45, 7) is 4.18. The second-order valence-corrected chi connectivity index (χ2v) is 9.19. The SMILES string of the molecule is CCCCCCCCC[C@H]1OC(=O)[C@H](C)N1C(=O)OCC1c2ccccc2-c2ccccc21. The van der Waals surface area contributed by atoms with E-state index in [2.05, 4.69) is 31.2 Å². The number of hydrogen-bond donors (Lipinski definition) is 0. The number of cyclic esters (lactones) is 1. The summed E-state index contributed by atoms with van der Waals surface area (Å²) >= 11 is 0. The number of esters is 1. The molecule has 0 aromatic heterocycles. The van der Waals surface area contributed by atoms with Crippen LogP contribution in [0.15, 0.2) is 48.5 Å². The lowest BCUT2D eigenvalue weighted by Gasteiger charge is -2.25. The van der Waals surface area contributed by atoms with E-state index in [0.717, 1.165) is 12.8 Å². The highest BCUT2D eigenvalue weighted by molar-refractivity contribution is 5.84. The van der Waals surface area contributed by atoms with Crippen molar-refractivity contribution in [2.45, 2.75) is 83.4 Å². The molecule has 2 aromatic rings. The molecule has 0 bridgehead atoms. The highest BCUT2D eigenvalue weighted by Crippen LogP contribution is 2.44. The van der Waals surface area contributed by atoms with Gasteiger partial charge in [-0.15, -0.1) is 0 Å². The molecule has 0 spiro atoms. The first-order valence-corrected chi connectivity index (χ1v) is 12.5. The summed E-state index contributed by atoms with van der Waals surface area (Å²) in [7, 11) is 0. The minimum absolute atomic E-state index is 0.00236. The number of hydrogen-bond acceptors (Lipinski definition) is 4. The predicted molar refractivity (Wildman–Crippen MR) is 129 cm³/mol. The average molecular weight is 450 g/mol. The highest BCUT2D eigenvalue weighted by atomic mass is 16.6. The summed E-state index contributed by atoms with van der Waals surface area (Å²) in [6.07, 6.45) is 7.91. The van der Waals surface area contributed by atoms with Crippen molar-refractivity contribution in [2.75, 3.05) is 6.61 Å². The Morgan fingerprint density at radius 3 is 2.12 bits per heavy atom. The minimum atomic E-state index is -0.616. The van der Waals surface area contributed by atoms with Gasteiger partial charge in [0.1, 0.15) is 12.6 Å². The van der Waals surface area contributed by atoms with E-state index in [1.54, 1.807) is 6.92 Å². The molecule has 1 heterocycles. The van der Waals surface area contributed by atoms with Gasteiger partial charge < -0.3 is 9.47 Å². The molecule has 1 fully saturated rings. The molecule has 4 rings (SSSR count). The summed E-state index contributed by atoms with van der Waals surface area (Å²) in [4.78, 5) is 26.8. The van der Waals surface area contributed by atoms with E-state index < -0.39 is 18.4 Å². The lowest BCUT2D eigenvalue weighted by molar-refractivity contribution is -0.142. The molecular formula is C28H35NO4. The molecule has 2 atom stereocenters. The van der Waals surface area contributed by atoms with Gasteiger partial charge in [0, 0.05) is 12.3 Å². The van der Waals surface area contributed by atoms with Crippen LogP contribution in [-0.2, 0) is 14.3 Å². The van der Waals surface area contributed by atoms with Crippen LogP contribution >= 0.6 is 0 Å². The molecule has 5 nitrogen and oxygen atoms in total. The minimum Gasteiger partial charge on any atom is -0.448 e. The molecule has 0 unspecified atom stereocenters. The van der Waals surface area contributed by atoms with Gasteiger partial charge in [0.25, 0.3) is 0 Å². The third-order valence-corrected chi connectivity index (χ3v) is 6.92. The van der Waals surface area contributed by atoms with Crippen molar-refractivity contribution in [3.05, 3.63) is 59.7 Å². The number of ether oxygens (including phenoxy) is 2. The number of rotatable bonds is 10. The van der Waals surface area contributed by atoms with Crippen LogP contribution in [0.3, 0.4) is 0 Å².